The Hall–Kier alpha value is -2.52. The van der Waals surface area contributed by atoms with Gasteiger partial charge in [0.1, 0.15) is 21.6 Å². The molecule has 0 unspecified atom stereocenters. The normalized spacial score (nSPS) is 15.8. The van der Waals surface area contributed by atoms with Gasteiger partial charge in [0.2, 0.25) is 0 Å². The smallest absolute Gasteiger partial charge is 0.416 e. The standard InChI is InChI=1S/C21H18F3NO3S2.C2H6/c1-3-5-16(27-2)12-25-19(26)18(30-20(25)29)11-15-8-9-17(28-15)13-6-4-7-14(10-13)21(22,23)24;1-2/h4-11H,3,12H2,1-2H3;1-2H3/b16-5-,18-11+;. The molecule has 0 saturated carbocycles. The zero-order valence-electron chi connectivity index (χ0n) is 18.2. The van der Waals surface area contributed by atoms with Crippen molar-refractivity contribution >= 4 is 40.3 Å². The average Bonchev–Trinajstić information content (AvgIpc) is 3.34. The van der Waals surface area contributed by atoms with Crippen molar-refractivity contribution in [2.75, 3.05) is 13.7 Å². The van der Waals surface area contributed by atoms with E-state index in [1.54, 1.807) is 12.1 Å². The predicted molar refractivity (Wildman–Crippen MR) is 126 cm³/mol. The summed E-state index contributed by atoms with van der Waals surface area (Å²) in [6.45, 7) is 6.20. The molecule has 3 rings (SSSR count). The predicted octanol–water partition coefficient (Wildman–Crippen LogP) is 7.13. The number of thiocarbonyl (C=S) groups is 1. The highest BCUT2D eigenvalue weighted by molar-refractivity contribution is 8.26. The van der Waals surface area contributed by atoms with Crippen LogP contribution >= 0.6 is 24.0 Å². The number of hydrogen-bond donors (Lipinski definition) is 0. The quantitative estimate of drug-likeness (QED) is 0.248. The van der Waals surface area contributed by atoms with Crippen LogP contribution in [0.25, 0.3) is 17.4 Å². The zero-order chi connectivity index (χ0) is 23.9. The minimum Gasteiger partial charge on any atom is -0.500 e. The van der Waals surface area contributed by atoms with Gasteiger partial charge in [-0.15, -0.1) is 0 Å². The number of hydrogen-bond acceptors (Lipinski definition) is 5. The Morgan fingerprint density at radius 2 is 1.97 bits per heavy atom. The molecule has 0 spiro atoms. The van der Waals surface area contributed by atoms with E-state index in [-0.39, 0.29) is 18.2 Å². The average molecular weight is 484 g/mol. The molecular formula is C23H24F3NO3S2. The lowest BCUT2D eigenvalue weighted by atomic mass is 10.1. The van der Waals surface area contributed by atoms with Crippen molar-refractivity contribution in [2.45, 2.75) is 33.4 Å². The summed E-state index contributed by atoms with van der Waals surface area (Å²) in [5.41, 5.74) is -0.459. The molecule has 32 heavy (non-hydrogen) atoms. The van der Waals surface area contributed by atoms with E-state index in [0.717, 1.165) is 30.3 Å². The van der Waals surface area contributed by atoms with Crippen LogP contribution in [0.5, 0.6) is 0 Å². The Labute approximate surface area is 195 Å². The minimum atomic E-state index is -4.44. The van der Waals surface area contributed by atoms with Crippen molar-refractivity contribution in [1.29, 1.82) is 0 Å². The minimum absolute atomic E-state index is 0.236. The van der Waals surface area contributed by atoms with Crippen molar-refractivity contribution in [3.8, 4) is 11.3 Å². The van der Waals surface area contributed by atoms with Gasteiger partial charge in [-0.1, -0.05) is 56.9 Å². The molecule has 1 aromatic heterocycles. The Kier molecular flexibility index (Phi) is 9.15. The number of halogens is 3. The van der Waals surface area contributed by atoms with Crippen LogP contribution in [0.2, 0.25) is 0 Å². The number of rotatable bonds is 6. The van der Waals surface area contributed by atoms with Crippen LogP contribution in [-0.2, 0) is 15.7 Å². The van der Waals surface area contributed by atoms with Gasteiger partial charge in [-0.05, 0) is 36.8 Å². The lowest BCUT2D eigenvalue weighted by molar-refractivity contribution is -0.137. The molecule has 0 atom stereocenters. The van der Waals surface area contributed by atoms with E-state index < -0.39 is 11.7 Å². The molecule has 1 amide bonds. The summed E-state index contributed by atoms with van der Waals surface area (Å²) in [6.07, 6.45) is -0.270. The van der Waals surface area contributed by atoms with Gasteiger partial charge in [0.15, 0.2) is 0 Å². The molecule has 1 saturated heterocycles. The molecule has 0 aliphatic carbocycles. The first-order valence-electron chi connectivity index (χ1n) is 9.98. The van der Waals surface area contributed by atoms with Crippen LogP contribution in [0.3, 0.4) is 0 Å². The summed E-state index contributed by atoms with van der Waals surface area (Å²) in [5, 5.41) is 0. The molecule has 0 bridgehead atoms. The molecule has 2 aromatic rings. The molecule has 172 valence electrons. The Morgan fingerprint density at radius 3 is 2.59 bits per heavy atom. The third-order valence-corrected chi connectivity index (χ3v) is 5.63. The maximum Gasteiger partial charge on any atom is 0.416 e. The second-order valence-corrected chi connectivity index (χ2v) is 8.01. The van der Waals surface area contributed by atoms with Gasteiger partial charge in [-0.2, -0.15) is 13.2 Å². The Morgan fingerprint density at radius 1 is 1.25 bits per heavy atom. The largest absolute Gasteiger partial charge is 0.500 e. The number of thioether (sulfide) groups is 1. The molecule has 1 aliphatic heterocycles. The lowest BCUT2D eigenvalue weighted by Crippen LogP contribution is -2.30. The van der Waals surface area contributed by atoms with Gasteiger partial charge in [0.05, 0.1) is 24.1 Å². The third-order valence-electron chi connectivity index (χ3n) is 4.26. The van der Waals surface area contributed by atoms with E-state index in [0.29, 0.717) is 26.3 Å². The number of benzene rings is 1. The highest BCUT2D eigenvalue weighted by Gasteiger charge is 2.33. The van der Waals surface area contributed by atoms with Gasteiger partial charge in [0.25, 0.3) is 5.91 Å². The van der Waals surface area contributed by atoms with Gasteiger partial charge >= 0.3 is 6.18 Å². The molecule has 9 heteroatoms. The SMILES string of the molecule is CC.CC/C=C(/CN1C(=O)/C(=C\c2ccc(-c3cccc(C(F)(F)F)c3)o2)SC1=S)OC. The van der Waals surface area contributed by atoms with E-state index in [4.69, 9.17) is 21.4 Å². The van der Waals surface area contributed by atoms with Crippen molar-refractivity contribution in [3.63, 3.8) is 0 Å². The van der Waals surface area contributed by atoms with Crippen molar-refractivity contribution in [2.24, 2.45) is 0 Å². The van der Waals surface area contributed by atoms with Gasteiger partial charge in [0, 0.05) is 11.6 Å². The van der Waals surface area contributed by atoms with Crippen molar-refractivity contribution in [3.05, 3.63) is 64.5 Å². The molecule has 4 nitrogen and oxygen atoms in total. The van der Waals surface area contributed by atoms with Gasteiger partial charge < -0.3 is 9.15 Å². The van der Waals surface area contributed by atoms with E-state index in [1.807, 2.05) is 26.8 Å². The summed E-state index contributed by atoms with van der Waals surface area (Å²) >= 11 is 6.43. The van der Waals surface area contributed by atoms with Crippen molar-refractivity contribution in [1.82, 2.24) is 4.90 Å². The third kappa shape index (κ3) is 6.26. The fraction of sp³-hybridized carbons (Fsp3) is 0.304. The molecule has 2 heterocycles. The van der Waals surface area contributed by atoms with Gasteiger partial charge in [-0.25, -0.2) is 0 Å². The summed E-state index contributed by atoms with van der Waals surface area (Å²) in [5.74, 6) is 0.982. The Bertz CT molecular complexity index is 1030. The van der Waals surface area contributed by atoms with Crippen LogP contribution in [-0.4, -0.2) is 28.8 Å². The highest BCUT2D eigenvalue weighted by Crippen LogP contribution is 2.35. The first kappa shape index (κ1) is 25.7. The summed E-state index contributed by atoms with van der Waals surface area (Å²) < 4.78 is 50.1. The highest BCUT2D eigenvalue weighted by atomic mass is 32.2. The fourth-order valence-electron chi connectivity index (χ4n) is 2.80. The maximum atomic E-state index is 12.9. The summed E-state index contributed by atoms with van der Waals surface area (Å²) in [6, 6.07) is 8.04. The maximum absolute atomic E-state index is 12.9. The van der Waals surface area contributed by atoms with Crippen LogP contribution in [0.1, 0.15) is 38.5 Å². The molecule has 1 aliphatic rings. The van der Waals surface area contributed by atoms with Gasteiger partial charge in [-0.3, -0.25) is 9.69 Å². The molecule has 0 radical (unpaired) electrons. The summed E-state index contributed by atoms with van der Waals surface area (Å²) in [7, 11) is 1.53. The number of nitrogens with zero attached hydrogens (tertiary/aromatic N) is 1. The molecule has 1 fully saturated rings. The van der Waals surface area contributed by atoms with E-state index in [9.17, 15) is 18.0 Å². The first-order chi connectivity index (χ1) is 15.2. The van der Waals surface area contributed by atoms with Crippen LogP contribution in [0.4, 0.5) is 13.2 Å². The van der Waals surface area contributed by atoms with Crippen LogP contribution in [0.15, 0.2) is 57.6 Å². The number of alkyl halides is 3. The van der Waals surface area contributed by atoms with E-state index >= 15 is 0 Å². The zero-order valence-corrected chi connectivity index (χ0v) is 19.8. The Balaban J connectivity index is 0.00000176. The van der Waals surface area contributed by atoms with Crippen LogP contribution < -0.4 is 0 Å². The second-order valence-electron chi connectivity index (χ2n) is 6.33. The first-order valence-corrected chi connectivity index (χ1v) is 11.2. The monoisotopic (exact) mass is 483 g/mol. The number of methoxy groups -OCH3 is 1. The topological polar surface area (TPSA) is 42.7 Å². The second kappa shape index (κ2) is 11.4. The van der Waals surface area contributed by atoms with E-state index in [2.05, 4.69) is 0 Å². The number of furan rings is 1. The molecule has 1 aromatic carbocycles. The van der Waals surface area contributed by atoms with Crippen LogP contribution in [0, 0.1) is 0 Å². The number of carbonyl (C=O) groups is 1. The number of ether oxygens (including phenoxy) is 1. The lowest BCUT2D eigenvalue weighted by Gasteiger charge is -2.16. The number of allylic oxidation sites excluding steroid dienone is 1. The number of carbonyl (C=O) groups excluding carboxylic acids is 1. The van der Waals surface area contributed by atoms with Crippen molar-refractivity contribution < 1.29 is 27.1 Å². The number of amides is 1. The fourth-order valence-corrected chi connectivity index (χ4v) is 4.03. The summed E-state index contributed by atoms with van der Waals surface area (Å²) in [4.78, 5) is 14.5. The molecular weight excluding hydrogens is 459 g/mol. The van der Waals surface area contributed by atoms with E-state index in [1.165, 1.54) is 30.2 Å². The molecule has 0 N–H and O–H groups in total.